The van der Waals surface area contributed by atoms with Gasteiger partial charge in [-0.25, -0.2) is 15.0 Å². The normalized spacial score (nSPS) is 15.4. The second-order valence-electron chi connectivity index (χ2n) is 8.66. The first-order valence-electron chi connectivity index (χ1n) is 11.4. The number of rotatable bonds is 8. The Hall–Kier alpha value is -2.59. The van der Waals surface area contributed by atoms with Crippen molar-refractivity contribution >= 4 is 45.5 Å². The van der Waals surface area contributed by atoms with Crippen molar-refractivity contribution in [1.82, 2.24) is 15.0 Å². The number of nitrogens with zero attached hydrogens (tertiary/aromatic N) is 5. The Bertz CT molecular complexity index is 1160. The fraction of sp³-hybridized carbons (Fsp3) is 0.417. The van der Waals surface area contributed by atoms with Crippen molar-refractivity contribution < 1.29 is 9.44 Å². The minimum Gasteiger partial charge on any atom is -0.633 e. The monoisotopic (exact) mass is 500 g/mol. The number of piperazine rings is 1. The van der Waals surface area contributed by atoms with E-state index in [1.54, 1.807) is 12.3 Å². The minimum atomic E-state index is -0.133. The zero-order valence-electron chi connectivity index (χ0n) is 19.7. The zero-order valence-corrected chi connectivity index (χ0v) is 21.2. The first kappa shape index (κ1) is 24.5. The summed E-state index contributed by atoms with van der Waals surface area (Å²) in [7, 11) is 0. The lowest BCUT2D eigenvalue weighted by atomic mass is 10.0. The number of aryl methyl sites for hydroxylation is 2. The number of quaternary nitrogens is 1. The SMILES string of the molecule is CCC[N+]1([O-])CCN(c2cc(Nc3ncc(C(=O)Cc4c(C)cccc4Cl)s3)nc(C)n2)CC1. The first-order valence-corrected chi connectivity index (χ1v) is 12.6. The van der Waals surface area contributed by atoms with Crippen LogP contribution in [-0.2, 0) is 6.42 Å². The second kappa shape index (κ2) is 10.4. The number of carbonyl (C=O) groups excluding carboxylic acids is 1. The van der Waals surface area contributed by atoms with E-state index in [1.165, 1.54) is 11.3 Å². The molecule has 4 rings (SSSR count). The van der Waals surface area contributed by atoms with Crippen LogP contribution in [0.1, 0.15) is 40.0 Å². The van der Waals surface area contributed by atoms with Gasteiger partial charge in [0.2, 0.25) is 0 Å². The zero-order chi connectivity index (χ0) is 24.3. The lowest BCUT2D eigenvalue weighted by Crippen LogP contribution is -2.56. The van der Waals surface area contributed by atoms with Crippen LogP contribution in [-0.4, -0.2) is 58.1 Å². The number of carbonyl (C=O) groups is 1. The number of anilines is 3. The molecule has 1 aliphatic rings. The van der Waals surface area contributed by atoms with Crippen molar-refractivity contribution in [2.75, 3.05) is 42.9 Å². The molecule has 0 atom stereocenters. The van der Waals surface area contributed by atoms with Crippen molar-refractivity contribution in [3.05, 3.63) is 62.5 Å². The van der Waals surface area contributed by atoms with Crippen LogP contribution in [0, 0.1) is 19.1 Å². The Morgan fingerprint density at radius 3 is 2.74 bits per heavy atom. The van der Waals surface area contributed by atoms with Crippen molar-refractivity contribution in [3.63, 3.8) is 0 Å². The molecule has 1 aromatic carbocycles. The third kappa shape index (κ3) is 5.72. The van der Waals surface area contributed by atoms with E-state index in [0.717, 1.165) is 23.4 Å². The van der Waals surface area contributed by atoms with Crippen LogP contribution in [0.3, 0.4) is 0 Å². The summed E-state index contributed by atoms with van der Waals surface area (Å²) in [5.41, 5.74) is 1.84. The molecule has 0 bridgehead atoms. The quantitative estimate of drug-likeness (QED) is 0.266. The highest BCUT2D eigenvalue weighted by Crippen LogP contribution is 2.27. The average Bonchev–Trinajstić information content (AvgIpc) is 3.25. The number of hydrogen-bond acceptors (Lipinski definition) is 8. The van der Waals surface area contributed by atoms with E-state index in [-0.39, 0.29) is 16.9 Å². The molecule has 0 aliphatic carbocycles. The van der Waals surface area contributed by atoms with Crippen LogP contribution in [0.5, 0.6) is 0 Å². The number of thiazole rings is 1. The van der Waals surface area contributed by atoms with Gasteiger partial charge in [-0.15, -0.1) is 0 Å². The van der Waals surface area contributed by atoms with Gasteiger partial charge in [0.25, 0.3) is 0 Å². The van der Waals surface area contributed by atoms with E-state index in [0.29, 0.717) is 59.4 Å². The number of nitrogens with one attached hydrogen (secondary N) is 1. The van der Waals surface area contributed by atoms with Crippen LogP contribution in [0.2, 0.25) is 5.02 Å². The molecule has 3 aromatic rings. The number of ketones is 1. The van der Waals surface area contributed by atoms with Crippen LogP contribution in [0.15, 0.2) is 30.5 Å². The summed E-state index contributed by atoms with van der Waals surface area (Å²) >= 11 is 7.57. The lowest BCUT2D eigenvalue weighted by molar-refractivity contribution is -0.881. The summed E-state index contributed by atoms with van der Waals surface area (Å²) in [6.45, 7) is 8.94. The lowest BCUT2D eigenvalue weighted by Gasteiger charge is -2.48. The van der Waals surface area contributed by atoms with E-state index in [4.69, 9.17) is 11.6 Å². The Balaban J connectivity index is 1.44. The van der Waals surface area contributed by atoms with E-state index in [9.17, 15) is 10.0 Å². The fourth-order valence-electron chi connectivity index (χ4n) is 4.18. The molecule has 0 saturated carbocycles. The second-order valence-corrected chi connectivity index (χ2v) is 10.1. The summed E-state index contributed by atoms with van der Waals surface area (Å²) in [6, 6.07) is 7.50. The molecule has 180 valence electrons. The molecule has 0 unspecified atom stereocenters. The maximum Gasteiger partial charge on any atom is 0.188 e. The molecule has 8 nitrogen and oxygen atoms in total. The molecule has 2 aromatic heterocycles. The fourth-order valence-corrected chi connectivity index (χ4v) is 5.23. The summed E-state index contributed by atoms with van der Waals surface area (Å²) in [5.74, 6) is 2.00. The standard InChI is InChI=1S/C24H29ClN6O2S/c1-4-10-31(33)11-8-30(9-12-31)23-14-22(27-17(3)28-23)29-24-26-15-21(34-24)20(32)13-18-16(2)6-5-7-19(18)25/h5-7,14-15H,4,8-13H2,1-3H3,(H,26,27,28,29). The Morgan fingerprint density at radius 1 is 1.26 bits per heavy atom. The molecule has 0 amide bonds. The third-order valence-electron chi connectivity index (χ3n) is 6.04. The number of halogens is 1. The van der Waals surface area contributed by atoms with Gasteiger partial charge in [-0.2, -0.15) is 0 Å². The topological polar surface area (TPSA) is 94.1 Å². The van der Waals surface area contributed by atoms with E-state index in [2.05, 4.69) is 25.2 Å². The number of benzene rings is 1. The van der Waals surface area contributed by atoms with Crippen molar-refractivity contribution in [3.8, 4) is 0 Å². The number of hydroxylamine groups is 3. The van der Waals surface area contributed by atoms with Crippen molar-refractivity contribution in [1.29, 1.82) is 0 Å². The van der Waals surface area contributed by atoms with Gasteiger partial charge in [0.15, 0.2) is 10.9 Å². The maximum absolute atomic E-state index is 12.8. The van der Waals surface area contributed by atoms with Gasteiger partial charge in [-0.05, 0) is 37.5 Å². The molecule has 0 radical (unpaired) electrons. The largest absolute Gasteiger partial charge is 0.633 e. The molecule has 34 heavy (non-hydrogen) atoms. The van der Waals surface area contributed by atoms with Gasteiger partial charge < -0.3 is 20.1 Å². The molecular weight excluding hydrogens is 472 g/mol. The number of Topliss-reactive ketones (excluding diaryl/α,β-unsaturated/α-hetero) is 1. The Morgan fingerprint density at radius 2 is 2.03 bits per heavy atom. The predicted octanol–water partition coefficient (Wildman–Crippen LogP) is 4.92. The van der Waals surface area contributed by atoms with E-state index in [1.807, 2.05) is 39.0 Å². The van der Waals surface area contributed by atoms with Crippen LogP contribution in [0.4, 0.5) is 16.8 Å². The van der Waals surface area contributed by atoms with Gasteiger partial charge in [0.1, 0.15) is 17.5 Å². The third-order valence-corrected chi connectivity index (χ3v) is 7.35. The highest BCUT2D eigenvalue weighted by atomic mass is 35.5. The minimum absolute atomic E-state index is 0.0269. The highest BCUT2D eigenvalue weighted by Gasteiger charge is 2.26. The average molecular weight is 501 g/mol. The van der Waals surface area contributed by atoms with Gasteiger partial charge in [0, 0.05) is 17.5 Å². The Kier molecular flexibility index (Phi) is 7.47. The van der Waals surface area contributed by atoms with Crippen LogP contribution >= 0.6 is 22.9 Å². The van der Waals surface area contributed by atoms with Gasteiger partial charge >= 0.3 is 0 Å². The molecule has 0 spiro atoms. The summed E-state index contributed by atoms with van der Waals surface area (Å²) < 4.78 is -0.133. The summed E-state index contributed by atoms with van der Waals surface area (Å²) in [6.07, 6.45) is 2.71. The summed E-state index contributed by atoms with van der Waals surface area (Å²) in [4.78, 5) is 28.9. The molecular formula is C24H29ClN6O2S. The number of aromatic nitrogens is 3. The molecule has 3 heterocycles. The highest BCUT2D eigenvalue weighted by molar-refractivity contribution is 7.17. The van der Waals surface area contributed by atoms with Crippen molar-refractivity contribution in [2.45, 2.75) is 33.6 Å². The van der Waals surface area contributed by atoms with E-state index >= 15 is 0 Å². The van der Waals surface area contributed by atoms with Crippen LogP contribution in [0.25, 0.3) is 0 Å². The molecule has 1 N–H and O–H groups in total. The predicted molar refractivity (Wildman–Crippen MR) is 137 cm³/mol. The van der Waals surface area contributed by atoms with Crippen LogP contribution < -0.4 is 10.2 Å². The maximum atomic E-state index is 12.8. The Labute approximate surface area is 208 Å². The molecule has 1 aliphatic heterocycles. The van der Waals surface area contributed by atoms with Gasteiger partial charge in [-0.3, -0.25) is 4.79 Å². The van der Waals surface area contributed by atoms with E-state index < -0.39 is 0 Å². The molecule has 1 saturated heterocycles. The van der Waals surface area contributed by atoms with Crippen molar-refractivity contribution in [2.24, 2.45) is 0 Å². The summed E-state index contributed by atoms with van der Waals surface area (Å²) in [5, 5.41) is 17.1. The smallest absolute Gasteiger partial charge is 0.188 e. The van der Waals surface area contributed by atoms with Gasteiger partial charge in [0.05, 0.1) is 43.8 Å². The first-order chi connectivity index (χ1) is 16.3. The van der Waals surface area contributed by atoms with Gasteiger partial charge in [-0.1, -0.05) is 42.0 Å². The molecule has 10 heteroatoms. The number of hydrogen-bond donors (Lipinski definition) is 1. The molecule has 1 fully saturated rings.